The molecule has 30 heavy (non-hydrogen) atoms. The van der Waals surface area contributed by atoms with Crippen molar-refractivity contribution in [2.45, 2.75) is 38.6 Å². The zero-order valence-electron chi connectivity index (χ0n) is 18.1. The molecule has 0 radical (unpaired) electrons. The fraction of sp³-hybridized carbons (Fsp3) is 0.417. The maximum Gasteiger partial charge on any atom is 0.253 e. The molecule has 1 aliphatic heterocycles. The van der Waals surface area contributed by atoms with Gasteiger partial charge in [0.25, 0.3) is 11.8 Å². The number of benzene rings is 2. The molecule has 2 aromatic rings. The van der Waals surface area contributed by atoms with Gasteiger partial charge in [-0.25, -0.2) is 0 Å². The van der Waals surface area contributed by atoms with Gasteiger partial charge in [0.1, 0.15) is 11.5 Å². The van der Waals surface area contributed by atoms with E-state index < -0.39 is 0 Å². The van der Waals surface area contributed by atoms with E-state index in [9.17, 15) is 9.59 Å². The van der Waals surface area contributed by atoms with E-state index in [-0.39, 0.29) is 17.9 Å². The van der Waals surface area contributed by atoms with Crippen molar-refractivity contribution in [2.75, 3.05) is 27.3 Å². The van der Waals surface area contributed by atoms with Gasteiger partial charge in [0.2, 0.25) is 0 Å². The molecule has 1 N–H and O–H groups in total. The molecule has 0 aromatic heterocycles. The van der Waals surface area contributed by atoms with Crippen LogP contribution in [-0.4, -0.2) is 50.1 Å². The zero-order chi connectivity index (χ0) is 21.7. The van der Waals surface area contributed by atoms with E-state index in [1.165, 1.54) is 5.56 Å². The van der Waals surface area contributed by atoms with Crippen LogP contribution in [0.4, 0.5) is 0 Å². The second kappa shape index (κ2) is 9.65. The van der Waals surface area contributed by atoms with Gasteiger partial charge >= 0.3 is 0 Å². The van der Waals surface area contributed by atoms with Crippen LogP contribution in [0.1, 0.15) is 58.9 Å². The first-order valence-electron chi connectivity index (χ1n) is 10.3. The van der Waals surface area contributed by atoms with Gasteiger partial charge in [-0.2, -0.15) is 0 Å². The molecule has 0 spiro atoms. The summed E-state index contributed by atoms with van der Waals surface area (Å²) in [5.74, 6) is 1.47. The third-order valence-electron chi connectivity index (χ3n) is 5.56. The summed E-state index contributed by atoms with van der Waals surface area (Å²) in [6.07, 6.45) is 1.45. The average Bonchev–Trinajstić information content (AvgIpc) is 2.78. The molecule has 160 valence electrons. The number of ether oxygens (including phenoxy) is 2. The molecule has 2 aromatic carbocycles. The number of carbonyl (C=O) groups is 2. The molecule has 6 heteroatoms. The van der Waals surface area contributed by atoms with E-state index in [0.717, 1.165) is 12.8 Å². The monoisotopic (exact) mass is 410 g/mol. The molecular formula is C24H30N2O4. The van der Waals surface area contributed by atoms with Crippen LogP contribution in [0.5, 0.6) is 11.5 Å². The standard InChI is InChI=1S/C24H30N2O4/c1-16(2)17-5-7-18(8-6-17)24(28)26-11-9-20(10-12-26)25-23(27)19-13-21(29-3)15-22(14-19)30-4/h5-8,13-16,20H,9-12H2,1-4H3,(H,25,27). The van der Waals surface area contributed by atoms with Crippen LogP contribution >= 0.6 is 0 Å². The number of rotatable bonds is 6. The quantitative estimate of drug-likeness (QED) is 0.785. The lowest BCUT2D eigenvalue weighted by Gasteiger charge is -2.32. The Morgan fingerprint density at radius 1 is 0.933 bits per heavy atom. The Bertz CT molecular complexity index is 862. The number of piperidine rings is 1. The first-order chi connectivity index (χ1) is 14.4. The van der Waals surface area contributed by atoms with Crippen LogP contribution in [0.2, 0.25) is 0 Å². The molecule has 0 aliphatic carbocycles. The highest BCUT2D eigenvalue weighted by atomic mass is 16.5. The van der Waals surface area contributed by atoms with Gasteiger partial charge in [-0.05, 0) is 48.6 Å². The van der Waals surface area contributed by atoms with Gasteiger partial charge < -0.3 is 19.7 Å². The second-order valence-electron chi connectivity index (χ2n) is 7.92. The predicted octanol–water partition coefficient (Wildman–Crippen LogP) is 3.86. The average molecular weight is 411 g/mol. The van der Waals surface area contributed by atoms with Crippen molar-refractivity contribution in [1.29, 1.82) is 0 Å². The summed E-state index contributed by atoms with van der Waals surface area (Å²) in [4.78, 5) is 27.3. The Balaban J connectivity index is 1.56. The molecule has 0 unspecified atom stereocenters. The second-order valence-corrected chi connectivity index (χ2v) is 7.92. The van der Waals surface area contributed by atoms with Crippen LogP contribution in [0, 0.1) is 0 Å². The van der Waals surface area contributed by atoms with Crippen LogP contribution in [0.3, 0.4) is 0 Å². The summed E-state index contributed by atoms with van der Waals surface area (Å²) in [5, 5.41) is 3.07. The molecule has 1 aliphatic rings. The summed E-state index contributed by atoms with van der Waals surface area (Å²) in [7, 11) is 3.11. The normalized spacial score (nSPS) is 14.5. The van der Waals surface area contributed by atoms with E-state index >= 15 is 0 Å². The third-order valence-corrected chi connectivity index (χ3v) is 5.56. The Morgan fingerprint density at radius 2 is 1.50 bits per heavy atom. The number of likely N-dealkylation sites (tertiary alicyclic amines) is 1. The number of carbonyl (C=O) groups excluding carboxylic acids is 2. The van der Waals surface area contributed by atoms with Crippen LogP contribution in [-0.2, 0) is 0 Å². The highest BCUT2D eigenvalue weighted by molar-refractivity contribution is 5.95. The van der Waals surface area contributed by atoms with Crippen molar-refractivity contribution in [3.8, 4) is 11.5 Å². The molecule has 6 nitrogen and oxygen atoms in total. The van der Waals surface area contributed by atoms with E-state index in [1.54, 1.807) is 32.4 Å². The first kappa shape index (κ1) is 21.7. The van der Waals surface area contributed by atoms with E-state index in [1.807, 2.05) is 29.2 Å². The summed E-state index contributed by atoms with van der Waals surface area (Å²) >= 11 is 0. The van der Waals surface area contributed by atoms with Crippen molar-refractivity contribution >= 4 is 11.8 Å². The van der Waals surface area contributed by atoms with Crippen molar-refractivity contribution in [3.63, 3.8) is 0 Å². The summed E-state index contributed by atoms with van der Waals surface area (Å²) in [6.45, 7) is 5.52. The lowest BCUT2D eigenvalue weighted by Crippen LogP contribution is -2.46. The van der Waals surface area contributed by atoms with Crippen LogP contribution < -0.4 is 14.8 Å². The number of methoxy groups -OCH3 is 2. The molecule has 0 saturated carbocycles. The number of nitrogens with one attached hydrogen (secondary N) is 1. The number of amides is 2. The third kappa shape index (κ3) is 5.12. The number of hydrogen-bond acceptors (Lipinski definition) is 4. The highest BCUT2D eigenvalue weighted by Gasteiger charge is 2.25. The molecule has 1 fully saturated rings. The lowest BCUT2D eigenvalue weighted by molar-refractivity contribution is 0.0698. The fourth-order valence-corrected chi connectivity index (χ4v) is 3.63. The van der Waals surface area contributed by atoms with Crippen molar-refractivity contribution in [2.24, 2.45) is 0 Å². The maximum absolute atomic E-state index is 12.8. The smallest absolute Gasteiger partial charge is 0.253 e. The zero-order valence-corrected chi connectivity index (χ0v) is 18.1. The fourth-order valence-electron chi connectivity index (χ4n) is 3.63. The lowest BCUT2D eigenvalue weighted by atomic mass is 10.00. The summed E-state index contributed by atoms with van der Waals surface area (Å²) < 4.78 is 10.5. The van der Waals surface area contributed by atoms with Gasteiger partial charge in [-0.15, -0.1) is 0 Å². The summed E-state index contributed by atoms with van der Waals surface area (Å²) in [5.41, 5.74) is 2.43. The van der Waals surface area contributed by atoms with Gasteiger partial charge in [-0.3, -0.25) is 9.59 Å². The summed E-state index contributed by atoms with van der Waals surface area (Å²) in [6, 6.07) is 13.0. The molecule has 1 heterocycles. The Labute approximate surface area is 178 Å². The molecular weight excluding hydrogens is 380 g/mol. The van der Waals surface area contributed by atoms with Gasteiger partial charge in [0, 0.05) is 36.3 Å². The Kier molecular flexibility index (Phi) is 6.98. The van der Waals surface area contributed by atoms with Gasteiger partial charge in [0.05, 0.1) is 14.2 Å². The van der Waals surface area contributed by atoms with Crippen LogP contribution in [0.15, 0.2) is 42.5 Å². The Morgan fingerprint density at radius 3 is 2.00 bits per heavy atom. The molecule has 3 rings (SSSR count). The molecule has 2 amide bonds. The Hall–Kier alpha value is -3.02. The first-order valence-corrected chi connectivity index (χ1v) is 10.3. The molecule has 1 saturated heterocycles. The van der Waals surface area contributed by atoms with Crippen molar-refractivity contribution in [1.82, 2.24) is 10.2 Å². The molecule has 0 bridgehead atoms. The van der Waals surface area contributed by atoms with Crippen LogP contribution in [0.25, 0.3) is 0 Å². The van der Waals surface area contributed by atoms with Crippen molar-refractivity contribution < 1.29 is 19.1 Å². The minimum Gasteiger partial charge on any atom is -0.497 e. The maximum atomic E-state index is 12.8. The van der Waals surface area contributed by atoms with E-state index in [2.05, 4.69) is 19.2 Å². The minimum atomic E-state index is -0.166. The SMILES string of the molecule is COc1cc(OC)cc(C(=O)NC2CCN(C(=O)c3ccc(C(C)C)cc3)CC2)c1. The predicted molar refractivity (Wildman–Crippen MR) is 116 cm³/mol. The van der Waals surface area contributed by atoms with E-state index in [0.29, 0.717) is 41.6 Å². The van der Waals surface area contributed by atoms with Gasteiger partial charge in [-0.1, -0.05) is 26.0 Å². The number of hydrogen-bond donors (Lipinski definition) is 1. The topological polar surface area (TPSA) is 67.9 Å². The van der Waals surface area contributed by atoms with Gasteiger partial charge in [0.15, 0.2) is 0 Å². The highest BCUT2D eigenvalue weighted by Crippen LogP contribution is 2.23. The van der Waals surface area contributed by atoms with Crippen molar-refractivity contribution in [3.05, 3.63) is 59.2 Å². The number of nitrogens with zero attached hydrogens (tertiary/aromatic N) is 1. The molecule has 0 atom stereocenters. The van der Waals surface area contributed by atoms with E-state index in [4.69, 9.17) is 9.47 Å². The minimum absolute atomic E-state index is 0.0297. The largest absolute Gasteiger partial charge is 0.497 e.